The molecule has 0 spiro atoms. The Hall–Kier alpha value is -2.63. The molecule has 3 rings (SSSR count). The zero-order valence-electron chi connectivity index (χ0n) is 18.3. The van der Waals surface area contributed by atoms with Crippen molar-refractivity contribution >= 4 is 0 Å². The van der Waals surface area contributed by atoms with Crippen molar-refractivity contribution in [2.45, 2.75) is 71.4 Å². The summed E-state index contributed by atoms with van der Waals surface area (Å²) >= 11 is 0. The minimum Gasteiger partial charge on any atom is -0.339 e. The predicted molar refractivity (Wildman–Crippen MR) is 116 cm³/mol. The lowest BCUT2D eigenvalue weighted by molar-refractivity contribution is -0.138. The largest absolute Gasteiger partial charge is 0.416 e. The fourth-order valence-electron chi connectivity index (χ4n) is 3.60. The van der Waals surface area contributed by atoms with E-state index in [-0.39, 0.29) is 17.3 Å². The Morgan fingerprint density at radius 3 is 2.32 bits per heavy atom. The van der Waals surface area contributed by atoms with E-state index in [1.807, 2.05) is 31.2 Å². The van der Waals surface area contributed by atoms with E-state index in [1.54, 1.807) is 6.07 Å². The summed E-state index contributed by atoms with van der Waals surface area (Å²) in [6.45, 7) is 6.17. The summed E-state index contributed by atoms with van der Waals surface area (Å²) in [5.41, 5.74) is 2.20. The van der Waals surface area contributed by atoms with Crippen molar-refractivity contribution in [3.63, 3.8) is 0 Å². The van der Waals surface area contributed by atoms with E-state index >= 15 is 0 Å². The topological polar surface area (TPSA) is 38.9 Å². The van der Waals surface area contributed by atoms with Gasteiger partial charge in [0.25, 0.3) is 0 Å². The monoisotopic (exact) mass is 430 g/mol. The third-order valence-corrected chi connectivity index (χ3v) is 5.64. The van der Waals surface area contributed by atoms with Crippen LogP contribution in [0.15, 0.2) is 47.0 Å². The van der Waals surface area contributed by atoms with Gasteiger partial charge in [-0.2, -0.15) is 18.2 Å². The van der Waals surface area contributed by atoms with Crippen LogP contribution in [0.1, 0.15) is 74.1 Å². The number of hydrogen-bond acceptors (Lipinski definition) is 3. The van der Waals surface area contributed by atoms with Gasteiger partial charge >= 0.3 is 6.18 Å². The number of unbranched alkanes of at least 4 members (excludes halogenated alkanes) is 1. The Bertz CT molecular complexity index is 977. The first-order valence-electron chi connectivity index (χ1n) is 10.9. The van der Waals surface area contributed by atoms with Gasteiger partial charge in [-0.1, -0.05) is 75.2 Å². The number of benzene rings is 2. The van der Waals surface area contributed by atoms with Crippen LogP contribution in [0.2, 0.25) is 0 Å². The molecule has 0 fully saturated rings. The van der Waals surface area contributed by atoms with Crippen LogP contribution in [0, 0.1) is 0 Å². The van der Waals surface area contributed by atoms with E-state index in [0.717, 1.165) is 37.3 Å². The van der Waals surface area contributed by atoms with Crippen LogP contribution in [0.5, 0.6) is 0 Å². The van der Waals surface area contributed by atoms with E-state index in [0.29, 0.717) is 24.3 Å². The molecule has 0 unspecified atom stereocenters. The summed E-state index contributed by atoms with van der Waals surface area (Å²) in [4.78, 5) is 4.35. The zero-order chi connectivity index (χ0) is 22.4. The molecule has 0 amide bonds. The molecule has 31 heavy (non-hydrogen) atoms. The minimum atomic E-state index is -4.45. The highest BCUT2D eigenvalue weighted by Crippen LogP contribution is 2.35. The molecule has 6 heteroatoms. The second-order valence-corrected chi connectivity index (χ2v) is 8.04. The molecular weight excluding hydrogens is 401 g/mol. The normalized spacial score (nSPS) is 12.8. The summed E-state index contributed by atoms with van der Waals surface area (Å²) in [6, 6.07) is 12.4. The van der Waals surface area contributed by atoms with Crippen LogP contribution in [0.25, 0.3) is 11.4 Å². The SMILES string of the molecule is CCCC[C@H](C)c1nc(-c2ccc(CCc3ccc(CC)cc3)c(C(F)(F)F)c2)no1. The maximum Gasteiger partial charge on any atom is 0.416 e. The smallest absolute Gasteiger partial charge is 0.339 e. The molecule has 0 aliphatic carbocycles. The second kappa shape index (κ2) is 10.1. The number of rotatable bonds is 9. The van der Waals surface area contributed by atoms with Gasteiger partial charge < -0.3 is 4.52 Å². The summed E-state index contributed by atoms with van der Waals surface area (Å²) in [6.07, 6.45) is 0.356. The lowest BCUT2D eigenvalue weighted by Gasteiger charge is -2.14. The van der Waals surface area contributed by atoms with Crippen LogP contribution in [0.4, 0.5) is 13.2 Å². The quantitative estimate of drug-likeness (QED) is 0.355. The standard InChI is InChI=1S/C25H29F3N2O/c1-4-6-7-17(3)24-29-23(30-31-24)21-15-14-20(22(16-21)25(26,27)28)13-12-19-10-8-18(5-2)9-11-19/h8-11,14-17H,4-7,12-13H2,1-3H3/t17-/m0/s1. The van der Waals surface area contributed by atoms with Gasteiger partial charge in [0.1, 0.15) is 0 Å². The molecule has 0 radical (unpaired) electrons. The maximum atomic E-state index is 13.8. The first-order valence-corrected chi connectivity index (χ1v) is 10.9. The minimum absolute atomic E-state index is 0.0849. The lowest BCUT2D eigenvalue weighted by Crippen LogP contribution is -2.10. The van der Waals surface area contributed by atoms with Crippen molar-refractivity contribution in [3.05, 3.63) is 70.6 Å². The molecule has 0 bridgehead atoms. The van der Waals surface area contributed by atoms with Gasteiger partial charge in [-0.05, 0) is 48.4 Å². The average Bonchev–Trinajstić information content (AvgIpc) is 3.26. The number of aryl methyl sites for hydroxylation is 3. The Morgan fingerprint density at radius 2 is 1.68 bits per heavy atom. The highest BCUT2D eigenvalue weighted by Gasteiger charge is 2.34. The van der Waals surface area contributed by atoms with Gasteiger partial charge in [-0.3, -0.25) is 0 Å². The van der Waals surface area contributed by atoms with Gasteiger partial charge in [0.2, 0.25) is 11.7 Å². The van der Waals surface area contributed by atoms with E-state index < -0.39 is 11.7 Å². The summed E-state index contributed by atoms with van der Waals surface area (Å²) in [5, 5.41) is 3.92. The molecule has 0 saturated carbocycles. The Balaban J connectivity index is 1.80. The van der Waals surface area contributed by atoms with E-state index in [2.05, 4.69) is 24.0 Å². The predicted octanol–water partition coefficient (Wildman–Crippen LogP) is 7.40. The molecular formula is C25H29F3N2O. The van der Waals surface area contributed by atoms with E-state index in [1.165, 1.54) is 11.6 Å². The lowest BCUT2D eigenvalue weighted by atomic mass is 9.96. The van der Waals surface area contributed by atoms with Crippen LogP contribution >= 0.6 is 0 Å². The maximum absolute atomic E-state index is 13.8. The molecule has 2 aromatic carbocycles. The fraction of sp³-hybridized carbons (Fsp3) is 0.440. The molecule has 1 atom stereocenters. The van der Waals surface area contributed by atoms with E-state index in [9.17, 15) is 13.2 Å². The summed E-state index contributed by atoms with van der Waals surface area (Å²) in [7, 11) is 0. The van der Waals surface area contributed by atoms with Crippen molar-refractivity contribution in [2.24, 2.45) is 0 Å². The molecule has 1 heterocycles. The summed E-state index contributed by atoms with van der Waals surface area (Å²) in [5.74, 6) is 0.754. The average molecular weight is 431 g/mol. The first kappa shape index (κ1) is 23.0. The van der Waals surface area contributed by atoms with Crippen LogP contribution < -0.4 is 0 Å². The van der Waals surface area contributed by atoms with Crippen LogP contribution in [0.3, 0.4) is 0 Å². The fourth-order valence-corrected chi connectivity index (χ4v) is 3.60. The Kier molecular flexibility index (Phi) is 7.52. The first-order chi connectivity index (χ1) is 14.8. The molecule has 0 aliphatic heterocycles. The van der Waals surface area contributed by atoms with Crippen LogP contribution in [-0.4, -0.2) is 10.1 Å². The third kappa shape index (κ3) is 5.96. The summed E-state index contributed by atoms with van der Waals surface area (Å²) < 4.78 is 46.6. The van der Waals surface area contributed by atoms with Crippen LogP contribution in [-0.2, 0) is 25.4 Å². The number of nitrogens with zero attached hydrogens (tertiary/aromatic N) is 2. The molecule has 166 valence electrons. The number of halogens is 3. The zero-order valence-corrected chi connectivity index (χ0v) is 18.3. The molecule has 1 aromatic heterocycles. The molecule has 3 nitrogen and oxygen atoms in total. The van der Waals surface area contributed by atoms with Crippen molar-refractivity contribution in [2.75, 3.05) is 0 Å². The van der Waals surface area contributed by atoms with Crippen molar-refractivity contribution in [1.29, 1.82) is 0 Å². The number of aromatic nitrogens is 2. The number of alkyl halides is 3. The van der Waals surface area contributed by atoms with Gasteiger partial charge in [0, 0.05) is 11.5 Å². The van der Waals surface area contributed by atoms with E-state index in [4.69, 9.17) is 4.52 Å². The third-order valence-electron chi connectivity index (χ3n) is 5.64. The van der Waals surface area contributed by atoms with Crippen molar-refractivity contribution in [3.8, 4) is 11.4 Å². The second-order valence-electron chi connectivity index (χ2n) is 8.04. The highest BCUT2D eigenvalue weighted by molar-refractivity contribution is 5.57. The van der Waals surface area contributed by atoms with Crippen molar-refractivity contribution in [1.82, 2.24) is 10.1 Å². The highest BCUT2D eigenvalue weighted by atomic mass is 19.4. The molecule has 0 aliphatic rings. The van der Waals surface area contributed by atoms with Gasteiger partial charge in [-0.25, -0.2) is 0 Å². The number of hydrogen-bond donors (Lipinski definition) is 0. The Labute approximate surface area is 181 Å². The Morgan fingerprint density at radius 1 is 0.968 bits per heavy atom. The molecule has 0 saturated heterocycles. The molecule has 3 aromatic rings. The van der Waals surface area contributed by atoms with Gasteiger partial charge in [-0.15, -0.1) is 0 Å². The van der Waals surface area contributed by atoms with Gasteiger partial charge in [0.05, 0.1) is 5.56 Å². The van der Waals surface area contributed by atoms with Crippen molar-refractivity contribution < 1.29 is 17.7 Å². The van der Waals surface area contributed by atoms with Gasteiger partial charge in [0.15, 0.2) is 0 Å². The molecule has 0 N–H and O–H groups in total.